The maximum atomic E-state index is 13.0. The van der Waals surface area contributed by atoms with Crippen molar-refractivity contribution in [2.45, 2.75) is 24.9 Å². The van der Waals surface area contributed by atoms with Gasteiger partial charge in [-0.05, 0) is 44.0 Å². The minimum absolute atomic E-state index is 0.0107. The molecular weight excluding hydrogens is 424 g/mol. The van der Waals surface area contributed by atoms with Crippen LogP contribution in [0.5, 0.6) is 0 Å². The second kappa shape index (κ2) is 8.78. The molecule has 2 aromatic heterocycles. The van der Waals surface area contributed by atoms with Crippen LogP contribution in [0, 0.1) is 5.92 Å². The van der Waals surface area contributed by atoms with Crippen LogP contribution in [-0.2, 0) is 14.3 Å². The highest BCUT2D eigenvalue weighted by atomic mass is 32.2. The summed E-state index contributed by atoms with van der Waals surface area (Å²) in [5, 5.41) is 1.72. The van der Waals surface area contributed by atoms with Gasteiger partial charge in [-0.1, -0.05) is 36.0 Å². The summed E-state index contributed by atoms with van der Waals surface area (Å²) >= 11 is 1.41. The molecule has 0 N–H and O–H groups in total. The molecule has 5 rings (SSSR count). The Morgan fingerprint density at radius 1 is 1.09 bits per heavy atom. The number of hydrogen-bond donors (Lipinski definition) is 0. The molecule has 0 saturated carbocycles. The quantitative estimate of drug-likeness (QED) is 0.262. The van der Waals surface area contributed by atoms with Crippen LogP contribution in [-0.4, -0.2) is 56.6 Å². The summed E-state index contributed by atoms with van der Waals surface area (Å²) in [5.41, 5.74) is 3.56. The fourth-order valence-corrected chi connectivity index (χ4v) is 5.20. The number of para-hydroxylation sites is 3. The maximum absolute atomic E-state index is 13.0. The average molecular weight is 449 g/mol. The molecule has 1 aliphatic rings. The molecule has 3 heterocycles. The smallest absolute Gasteiger partial charge is 0.310 e. The van der Waals surface area contributed by atoms with Crippen LogP contribution >= 0.6 is 11.8 Å². The molecule has 8 heteroatoms. The number of carbonyl (C=O) groups is 2. The molecule has 0 bridgehead atoms. The van der Waals surface area contributed by atoms with Gasteiger partial charge < -0.3 is 9.64 Å². The molecular formula is C24H24N4O3S. The highest BCUT2D eigenvalue weighted by Crippen LogP contribution is 2.29. The number of ether oxygens (including phenoxy) is 1. The molecule has 1 amide bonds. The lowest BCUT2D eigenvalue weighted by Crippen LogP contribution is -2.43. The van der Waals surface area contributed by atoms with E-state index in [2.05, 4.69) is 0 Å². The standard InChI is InChI=1S/C24H24N4O3S/c1-2-31-23(30)16-8-7-13-27(14-16)21(29)15-32-24-26-18-10-4-3-9-17(18)22-25-19-11-5-6-12-20(19)28(22)24/h3-6,9-12,16H,2,7-8,13-15H2,1H3. The molecule has 0 spiro atoms. The van der Waals surface area contributed by atoms with Crippen molar-refractivity contribution in [1.29, 1.82) is 0 Å². The first-order chi connectivity index (χ1) is 15.7. The Kier molecular flexibility index (Phi) is 5.70. The topological polar surface area (TPSA) is 76.8 Å². The molecule has 1 fully saturated rings. The number of hydrogen-bond acceptors (Lipinski definition) is 6. The Bertz CT molecular complexity index is 1320. The lowest BCUT2D eigenvalue weighted by Gasteiger charge is -2.31. The lowest BCUT2D eigenvalue weighted by molar-refractivity contribution is -0.151. The summed E-state index contributed by atoms with van der Waals surface area (Å²) in [7, 11) is 0. The predicted molar refractivity (Wildman–Crippen MR) is 125 cm³/mol. The minimum Gasteiger partial charge on any atom is -0.466 e. The zero-order chi connectivity index (χ0) is 22.1. The van der Waals surface area contributed by atoms with Crippen molar-refractivity contribution < 1.29 is 14.3 Å². The van der Waals surface area contributed by atoms with E-state index in [1.807, 2.05) is 52.9 Å². The van der Waals surface area contributed by atoms with Crippen molar-refractivity contribution in [3.8, 4) is 0 Å². The molecule has 1 saturated heterocycles. The van der Waals surface area contributed by atoms with Gasteiger partial charge in [0.1, 0.15) is 5.65 Å². The number of nitrogens with zero attached hydrogens (tertiary/aromatic N) is 4. The van der Waals surface area contributed by atoms with E-state index in [0.29, 0.717) is 19.7 Å². The van der Waals surface area contributed by atoms with Gasteiger partial charge in [-0.3, -0.25) is 14.0 Å². The molecule has 32 heavy (non-hydrogen) atoms. The van der Waals surface area contributed by atoms with Crippen molar-refractivity contribution in [2.24, 2.45) is 5.92 Å². The van der Waals surface area contributed by atoms with Gasteiger partial charge in [-0.25, -0.2) is 9.97 Å². The maximum Gasteiger partial charge on any atom is 0.310 e. The number of imidazole rings is 1. The first-order valence-electron chi connectivity index (χ1n) is 10.9. The van der Waals surface area contributed by atoms with Crippen LogP contribution in [0.15, 0.2) is 53.7 Å². The SMILES string of the molecule is CCOC(=O)C1CCCN(C(=O)CSc2nc3ccccc3c3nc4ccccc4n23)C1. The normalized spacial score (nSPS) is 16.7. The van der Waals surface area contributed by atoms with Crippen molar-refractivity contribution in [1.82, 2.24) is 19.3 Å². The fourth-order valence-electron chi connectivity index (χ4n) is 4.28. The number of rotatable bonds is 5. The lowest BCUT2D eigenvalue weighted by atomic mass is 9.98. The van der Waals surface area contributed by atoms with E-state index < -0.39 is 0 Å². The van der Waals surface area contributed by atoms with Crippen molar-refractivity contribution >= 4 is 51.2 Å². The highest BCUT2D eigenvalue weighted by molar-refractivity contribution is 7.99. The number of piperidine rings is 1. The number of amides is 1. The number of aromatic nitrogens is 3. The molecule has 4 aromatic rings. The van der Waals surface area contributed by atoms with E-state index >= 15 is 0 Å². The van der Waals surface area contributed by atoms with Gasteiger partial charge in [0.2, 0.25) is 5.91 Å². The Balaban J connectivity index is 1.42. The van der Waals surface area contributed by atoms with Crippen molar-refractivity contribution in [3.63, 3.8) is 0 Å². The summed E-state index contributed by atoms with van der Waals surface area (Å²) in [6.45, 7) is 3.26. The number of fused-ring (bicyclic) bond motifs is 5. The molecule has 164 valence electrons. The third kappa shape index (κ3) is 3.79. The number of likely N-dealkylation sites (tertiary alicyclic amines) is 1. The van der Waals surface area contributed by atoms with Crippen LogP contribution in [0.3, 0.4) is 0 Å². The van der Waals surface area contributed by atoms with Gasteiger partial charge in [-0.15, -0.1) is 0 Å². The van der Waals surface area contributed by atoms with Gasteiger partial charge in [0.05, 0.1) is 34.8 Å². The zero-order valence-corrected chi connectivity index (χ0v) is 18.7. The number of thioether (sulfide) groups is 1. The molecule has 0 aliphatic carbocycles. The first kappa shape index (κ1) is 20.8. The van der Waals surface area contributed by atoms with Gasteiger partial charge in [0, 0.05) is 18.5 Å². The van der Waals surface area contributed by atoms with Crippen LogP contribution in [0.1, 0.15) is 19.8 Å². The summed E-state index contributed by atoms with van der Waals surface area (Å²) in [5.74, 6) is -0.180. The van der Waals surface area contributed by atoms with Crippen molar-refractivity contribution in [3.05, 3.63) is 48.5 Å². The largest absolute Gasteiger partial charge is 0.466 e. The van der Waals surface area contributed by atoms with Gasteiger partial charge in [-0.2, -0.15) is 0 Å². The minimum atomic E-state index is -0.235. The summed E-state index contributed by atoms with van der Waals surface area (Å²) < 4.78 is 7.19. The fraction of sp³-hybridized carbons (Fsp3) is 0.333. The Labute approximate surface area is 189 Å². The summed E-state index contributed by atoms with van der Waals surface area (Å²) in [6.07, 6.45) is 1.58. The van der Waals surface area contributed by atoms with Crippen molar-refractivity contribution in [2.75, 3.05) is 25.4 Å². The number of benzene rings is 2. The molecule has 0 radical (unpaired) electrons. The van der Waals surface area contributed by atoms with E-state index in [1.54, 1.807) is 11.8 Å². The van der Waals surface area contributed by atoms with Crippen LogP contribution < -0.4 is 0 Å². The molecule has 1 aliphatic heterocycles. The number of esters is 1. The average Bonchev–Trinajstić information content (AvgIpc) is 3.23. The zero-order valence-electron chi connectivity index (χ0n) is 17.9. The Morgan fingerprint density at radius 3 is 2.72 bits per heavy atom. The van der Waals surface area contributed by atoms with E-state index in [4.69, 9.17) is 14.7 Å². The highest BCUT2D eigenvalue weighted by Gasteiger charge is 2.29. The second-order valence-electron chi connectivity index (χ2n) is 7.89. The van der Waals surface area contributed by atoms with E-state index in [-0.39, 0.29) is 23.5 Å². The van der Waals surface area contributed by atoms with E-state index in [9.17, 15) is 9.59 Å². The second-order valence-corrected chi connectivity index (χ2v) is 8.83. The van der Waals surface area contributed by atoms with Crippen LogP contribution in [0.2, 0.25) is 0 Å². The summed E-state index contributed by atoms with van der Waals surface area (Å²) in [4.78, 5) is 36.6. The molecule has 1 unspecified atom stereocenters. The van der Waals surface area contributed by atoms with Gasteiger partial charge >= 0.3 is 5.97 Å². The van der Waals surface area contributed by atoms with Crippen LogP contribution in [0.4, 0.5) is 0 Å². The monoisotopic (exact) mass is 448 g/mol. The van der Waals surface area contributed by atoms with Crippen LogP contribution in [0.25, 0.3) is 27.6 Å². The molecule has 1 atom stereocenters. The first-order valence-corrected chi connectivity index (χ1v) is 11.9. The number of carbonyl (C=O) groups excluding carboxylic acids is 2. The Hall–Kier alpha value is -3.13. The van der Waals surface area contributed by atoms with Gasteiger partial charge in [0.25, 0.3) is 0 Å². The molecule has 2 aromatic carbocycles. The Morgan fingerprint density at radius 2 is 1.88 bits per heavy atom. The van der Waals surface area contributed by atoms with Gasteiger partial charge in [0.15, 0.2) is 5.16 Å². The third-order valence-corrected chi connectivity index (χ3v) is 6.76. The van der Waals surface area contributed by atoms with E-state index in [0.717, 1.165) is 45.6 Å². The third-order valence-electron chi connectivity index (χ3n) is 5.83. The summed E-state index contributed by atoms with van der Waals surface area (Å²) in [6, 6.07) is 15.9. The predicted octanol–water partition coefficient (Wildman–Crippen LogP) is 3.93. The molecule has 7 nitrogen and oxygen atoms in total. The van der Waals surface area contributed by atoms with E-state index in [1.165, 1.54) is 11.8 Å².